The summed E-state index contributed by atoms with van der Waals surface area (Å²) in [6.45, 7) is 1.40. The summed E-state index contributed by atoms with van der Waals surface area (Å²) in [4.78, 5) is 22.6. The van der Waals surface area contributed by atoms with Gasteiger partial charge in [0.05, 0.1) is 11.0 Å². The van der Waals surface area contributed by atoms with Crippen molar-refractivity contribution in [3.8, 4) is 5.75 Å². The number of carbonyl (C=O) groups is 1. The lowest BCUT2D eigenvalue weighted by atomic mass is 10.1. The Bertz CT molecular complexity index is 765. The van der Waals surface area contributed by atoms with Crippen LogP contribution in [0.5, 0.6) is 5.75 Å². The molecule has 8 heteroatoms. The third-order valence-corrected chi connectivity index (χ3v) is 3.85. The summed E-state index contributed by atoms with van der Waals surface area (Å²) < 4.78 is 5.80. The average molecular weight is 409 g/mol. The Balaban J connectivity index is 2.08. The van der Waals surface area contributed by atoms with Gasteiger partial charge in [-0.2, -0.15) is 0 Å². The highest BCUT2D eigenvalue weighted by Crippen LogP contribution is 2.37. The highest BCUT2D eigenvalue weighted by Gasteiger charge is 2.24. The molecule has 0 bridgehead atoms. The van der Waals surface area contributed by atoms with Gasteiger partial charge in [-0.1, -0.05) is 46.3 Å². The molecule has 0 unspecified atom stereocenters. The maximum absolute atomic E-state index is 11.9. The van der Waals surface area contributed by atoms with E-state index in [1.807, 2.05) is 30.3 Å². The highest BCUT2D eigenvalue weighted by atomic mass is 79.9. The zero-order valence-electron chi connectivity index (χ0n) is 13.4. The van der Waals surface area contributed by atoms with Crippen molar-refractivity contribution in [2.45, 2.75) is 19.6 Å². The summed E-state index contributed by atoms with van der Waals surface area (Å²) in [5.41, 5.74) is 0.841. The predicted octanol–water partition coefficient (Wildman–Crippen LogP) is 3.11. The van der Waals surface area contributed by atoms with Gasteiger partial charge in [-0.05, 0) is 18.6 Å². The number of rotatable bonds is 7. The van der Waals surface area contributed by atoms with Crippen LogP contribution in [0.4, 0.5) is 5.69 Å². The molecule has 0 fully saturated rings. The second kappa shape index (κ2) is 8.59. The van der Waals surface area contributed by atoms with Crippen molar-refractivity contribution in [3.63, 3.8) is 0 Å². The molecule has 0 aliphatic carbocycles. The standard InChI is InChI=1S/C17H17BrN2O5/c1-11(21)14-7-13(18)8-15(20(23)24)17(14)25-10-16(22)19-9-12-5-3-2-4-6-12/h2-8,11,21H,9-10H2,1H3,(H,19,22)/t11-/m1/s1. The molecule has 132 valence electrons. The molecule has 7 nitrogen and oxygen atoms in total. The third-order valence-electron chi connectivity index (χ3n) is 3.39. The molecule has 0 radical (unpaired) electrons. The topological polar surface area (TPSA) is 102 Å². The number of nitro benzene ring substituents is 1. The summed E-state index contributed by atoms with van der Waals surface area (Å²) in [6, 6.07) is 12.1. The zero-order valence-corrected chi connectivity index (χ0v) is 15.0. The molecule has 0 aromatic heterocycles. The minimum Gasteiger partial charge on any atom is -0.476 e. The van der Waals surface area contributed by atoms with Gasteiger partial charge in [-0.15, -0.1) is 0 Å². The number of amides is 1. The Hall–Kier alpha value is -2.45. The number of carbonyl (C=O) groups excluding carboxylic acids is 1. The average Bonchev–Trinajstić information content (AvgIpc) is 2.58. The van der Waals surface area contributed by atoms with E-state index < -0.39 is 23.5 Å². The van der Waals surface area contributed by atoms with Crippen molar-refractivity contribution in [1.82, 2.24) is 5.32 Å². The molecule has 0 spiro atoms. The number of benzene rings is 2. The van der Waals surface area contributed by atoms with Crippen LogP contribution in [-0.2, 0) is 11.3 Å². The number of nitrogens with one attached hydrogen (secondary N) is 1. The molecular formula is C17H17BrN2O5. The van der Waals surface area contributed by atoms with E-state index >= 15 is 0 Å². The van der Waals surface area contributed by atoms with Gasteiger partial charge in [-0.3, -0.25) is 14.9 Å². The molecule has 2 N–H and O–H groups in total. The fourth-order valence-electron chi connectivity index (χ4n) is 2.19. The van der Waals surface area contributed by atoms with Gasteiger partial charge < -0.3 is 15.2 Å². The lowest BCUT2D eigenvalue weighted by molar-refractivity contribution is -0.386. The van der Waals surface area contributed by atoms with Crippen LogP contribution in [0.15, 0.2) is 46.9 Å². The van der Waals surface area contributed by atoms with E-state index in [1.165, 1.54) is 19.1 Å². The number of ether oxygens (including phenoxy) is 1. The van der Waals surface area contributed by atoms with Crippen LogP contribution in [0.1, 0.15) is 24.2 Å². The molecule has 2 rings (SSSR count). The monoisotopic (exact) mass is 408 g/mol. The third kappa shape index (κ3) is 5.27. The second-order valence-electron chi connectivity index (χ2n) is 5.33. The Labute approximate surface area is 152 Å². The van der Waals surface area contributed by atoms with Crippen LogP contribution < -0.4 is 10.1 Å². The highest BCUT2D eigenvalue weighted by molar-refractivity contribution is 9.10. The first-order chi connectivity index (χ1) is 11.9. The molecule has 2 aromatic carbocycles. The van der Waals surface area contributed by atoms with Crippen molar-refractivity contribution in [2.24, 2.45) is 0 Å². The van der Waals surface area contributed by atoms with E-state index in [0.29, 0.717) is 11.0 Å². The number of aliphatic hydroxyl groups excluding tert-OH is 1. The SMILES string of the molecule is C[C@@H](O)c1cc(Br)cc([N+](=O)[O-])c1OCC(=O)NCc1ccccc1. The largest absolute Gasteiger partial charge is 0.476 e. The summed E-state index contributed by atoms with van der Waals surface area (Å²) in [6.07, 6.45) is -0.987. The summed E-state index contributed by atoms with van der Waals surface area (Å²) in [5, 5.41) is 23.7. The quantitative estimate of drug-likeness (QED) is 0.541. The fraction of sp³-hybridized carbons (Fsp3) is 0.235. The van der Waals surface area contributed by atoms with Crippen LogP contribution in [0.25, 0.3) is 0 Å². The van der Waals surface area contributed by atoms with E-state index in [0.717, 1.165) is 5.56 Å². The number of hydrogen-bond donors (Lipinski definition) is 2. The summed E-state index contributed by atoms with van der Waals surface area (Å²) >= 11 is 3.16. The van der Waals surface area contributed by atoms with E-state index in [4.69, 9.17) is 4.74 Å². The number of halogens is 1. The number of nitrogens with zero attached hydrogens (tertiary/aromatic N) is 1. The van der Waals surface area contributed by atoms with Gasteiger partial charge in [-0.25, -0.2) is 0 Å². The summed E-state index contributed by atoms with van der Waals surface area (Å²) in [7, 11) is 0. The first kappa shape index (κ1) is 18.9. The molecule has 1 atom stereocenters. The van der Waals surface area contributed by atoms with Crippen LogP contribution >= 0.6 is 15.9 Å². The normalized spacial score (nSPS) is 11.6. The first-order valence-electron chi connectivity index (χ1n) is 7.47. The zero-order chi connectivity index (χ0) is 18.4. The van der Waals surface area contributed by atoms with Crippen molar-refractivity contribution >= 4 is 27.5 Å². The Morgan fingerprint density at radius 2 is 2.04 bits per heavy atom. The summed E-state index contributed by atoms with van der Waals surface area (Å²) in [5.74, 6) is -0.532. The smallest absolute Gasteiger partial charge is 0.312 e. The van der Waals surface area contributed by atoms with Crippen LogP contribution in [0, 0.1) is 10.1 Å². The molecule has 0 aliphatic rings. The fourth-order valence-corrected chi connectivity index (χ4v) is 2.65. The van der Waals surface area contributed by atoms with Crippen LogP contribution in [-0.4, -0.2) is 22.5 Å². The van der Waals surface area contributed by atoms with Gasteiger partial charge in [0.2, 0.25) is 5.75 Å². The van der Waals surface area contributed by atoms with Crippen molar-refractivity contribution in [3.05, 3.63) is 68.2 Å². The van der Waals surface area contributed by atoms with Gasteiger partial charge in [0.25, 0.3) is 5.91 Å². The second-order valence-corrected chi connectivity index (χ2v) is 6.24. The molecule has 0 saturated heterocycles. The molecule has 0 heterocycles. The van der Waals surface area contributed by atoms with Crippen LogP contribution in [0.3, 0.4) is 0 Å². The minimum absolute atomic E-state index is 0.113. The molecule has 0 aliphatic heterocycles. The van der Waals surface area contributed by atoms with Crippen molar-refractivity contribution in [1.29, 1.82) is 0 Å². The predicted molar refractivity (Wildman–Crippen MR) is 95.2 cm³/mol. The number of hydrogen-bond acceptors (Lipinski definition) is 5. The molecule has 0 saturated carbocycles. The van der Waals surface area contributed by atoms with E-state index in [-0.39, 0.29) is 17.0 Å². The van der Waals surface area contributed by atoms with Crippen molar-refractivity contribution in [2.75, 3.05) is 6.61 Å². The molecule has 25 heavy (non-hydrogen) atoms. The minimum atomic E-state index is -0.987. The lowest BCUT2D eigenvalue weighted by Gasteiger charge is -2.14. The van der Waals surface area contributed by atoms with Crippen LogP contribution in [0.2, 0.25) is 0 Å². The Morgan fingerprint density at radius 3 is 2.64 bits per heavy atom. The van der Waals surface area contributed by atoms with E-state index in [9.17, 15) is 20.0 Å². The van der Waals surface area contributed by atoms with Gasteiger partial charge in [0.1, 0.15) is 0 Å². The lowest BCUT2D eigenvalue weighted by Crippen LogP contribution is -2.28. The van der Waals surface area contributed by atoms with E-state index in [2.05, 4.69) is 21.2 Å². The molecule has 1 amide bonds. The maximum atomic E-state index is 11.9. The van der Waals surface area contributed by atoms with Gasteiger partial charge >= 0.3 is 5.69 Å². The van der Waals surface area contributed by atoms with E-state index in [1.54, 1.807) is 0 Å². The van der Waals surface area contributed by atoms with Gasteiger partial charge in [0.15, 0.2) is 6.61 Å². The first-order valence-corrected chi connectivity index (χ1v) is 8.27. The Morgan fingerprint density at radius 1 is 1.36 bits per heavy atom. The number of aliphatic hydroxyl groups is 1. The van der Waals surface area contributed by atoms with Crippen molar-refractivity contribution < 1.29 is 19.6 Å². The Kier molecular flexibility index (Phi) is 6.49. The number of nitro groups is 1. The molecule has 2 aromatic rings. The maximum Gasteiger partial charge on any atom is 0.312 e. The molecular weight excluding hydrogens is 392 g/mol. The van der Waals surface area contributed by atoms with Gasteiger partial charge in [0, 0.05) is 22.6 Å².